The highest BCUT2D eigenvalue weighted by atomic mass is 16.7. The van der Waals surface area contributed by atoms with Gasteiger partial charge in [-0.2, -0.15) is 0 Å². The molecule has 2 fully saturated rings. The SMILES string of the molecule is COc1c(C)cc2c(c1O)C(C)CCC2C(C)COC1OC(COC2OCC(O)C(O)C2O)C(O)C(O)C1O. The lowest BCUT2D eigenvalue weighted by molar-refractivity contribution is -0.322. The standard InChI is InChI=1S/C27H42O12/c1-11-5-6-14(15-7-12(2)25(35-4)21(31)18(11)15)13(3)8-36-27-24(34)22(32)20(30)17(39-27)10-38-26-23(33)19(29)16(28)9-37-26/h7,11,13-14,16-17,19-20,22-24,26-34H,5-6,8-10H2,1-4H3. The van der Waals surface area contributed by atoms with Crippen molar-refractivity contribution >= 4 is 0 Å². The number of aliphatic hydroxyl groups is 6. The fraction of sp³-hybridized carbons (Fsp3) is 0.778. The molecule has 1 aromatic rings. The Bertz CT molecular complexity index is 975. The molecule has 12 atom stereocenters. The van der Waals surface area contributed by atoms with E-state index in [1.54, 1.807) is 0 Å². The second-order valence-corrected chi connectivity index (χ2v) is 11.1. The van der Waals surface area contributed by atoms with Crippen LogP contribution in [0.3, 0.4) is 0 Å². The van der Waals surface area contributed by atoms with Gasteiger partial charge < -0.3 is 59.4 Å². The smallest absolute Gasteiger partial charge is 0.186 e. The van der Waals surface area contributed by atoms with Crippen molar-refractivity contribution in [1.82, 2.24) is 0 Å². The molecule has 12 unspecified atom stereocenters. The van der Waals surface area contributed by atoms with Crippen LogP contribution in [0.4, 0.5) is 0 Å². The Morgan fingerprint density at radius 3 is 2.33 bits per heavy atom. The summed E-state index contributed by atoms with van der Waals surface area (Å²) < 4.78 is 27.7. The highest BCUT2D eigenvalue weighted by molar-refractivity contribution is 5.57. The number of ether oxygens (including phenoxy) is 5. The summed E-state index contributed by atoms with van der Waals surface area (Å²) in [6.07, 6.45) is -10.8. The van der Waals surface area contributed by atoms with Crippen LogP contribution in [-0.4, -0.2) is 118 Å². The summed E-state index contributed by atoms with van der Waals surface area (Å²) in [6, 6.07) is 2.04. The lowest BCUT2D eigenvalue weighted by atomic mass is 9.72. The maximum absolute atomic E-state index is 10.9. The zero-order valence-corrected chi connectivity index (χ0v) is 22.7. The normalized spacial score (nSPS) is 39.7. The number of aryl methyl sites for hydroxylation is 1. The molecule has 0 saturated carbocycles. The maximum atomic E-state index is 10.9. The Balaban J connectivity index is 1.40. The van der Waals surface area contributed by atoms with Crippen LogP contribution < -0.4 is 4.74 Å². The fourth-order valence-electron chi connectivity index (χ4n) is 5.90. The van der Waals surface area contributed by atoms with Crippen LogP contribution in [0.1, 0.15) is 55.2 Å². The molecule has 7 N–H and O–H groups in total. The number of phenols is 1. The summed E-state index contributed by atoms with van der Waals surface area (Å²) in [5.74, 6) is 0.820. The number of hydrogen-bond donors (Lipinski definition) is 7. The van der Waals surface area contributed by atoms with Crippen LogP contribution >= 0.6 is 0 Å². The van der Waals surface area contributed by atoms with Gasteiger partial charge in [0.2, 0.25) is 0 Å². The van der Waals surface area contributed by atoms with Gasteiger partial charge in [0, 0.05) is 5.56 Å². The van der Waals surface area contributed by atoms with E-state index in [1.165, 1.54) is 7.11 Å². The van der Waals surface area contributed by atoms with E-state index in [-0.39, 0.29) is 43.3 Å². The first-order valence-corrected chi connectivity index (χ1v) is 13.4. The van der Waals surface area contributed by atoms with Crippen molar-refractivity contribution < 1.29 is 59.4 Å². The van der Waals surface area contributed by atoms with Crippen molar-refractivity contribution in [2.24, 2.45) is 5.92 Å². The van der Waals surface area contributed by atoms with E-state index in [0.29, 0.717) is 5.75 Å². The predicted octanol–water partition coefficient (Wildman–Crippen LogP) is -0.394. The molecule has 1 aromatic carbocycles. The minimum atomic E-state index is -1.58. The van der Waals surface area contributed by atoms with E-state index in [2.05, 4.69) is 6.92 Å². The first-order valence-electron chi connectivity index (χ1n) is 13.4. The van der Waals surface area contributed by atoms with E-state index >= 15 is 0 Å². The van der Waals surface area contributed by atoms with Crippen molar-refractivity contribution in [3.63, 3.8) is 0 Å². The first kappa shape index (κ1) is 30.4. The summed E-state index contributed by atoms with van der Waals surface area (Å²) in [6.45, 7) is 5.53. The molecule has 2 heterocycles. The molecular weight excluding hydrogens is 516 g/mol. The largest absolute Gasteiger partial charge is 0.504 e. The van der Waals surface area contributed by atoms with Crippen molar-refractivity contribution in [1.29, 1.82) is 0 Å². The molecule has 0 spiro atoms. The molecule has 2 aliphatic heterocycles. The average molecular weight is 559 g/mol. The van der Waals surface area contributed by atoms with E-state index in [0.717, 1.165) is 29.5 Å². The second-order valence-electron chi connectivity index (χ2n) is 11.1. The number of hydrogen-bond acceptors (Lipinski definition) is 12. The van der Waals surface area contributed by atoms with Gasteiger partial charge in [0.15, 0.2) is 24.1 Å². The molecule has 1 aliphatic carbocycles. The average Bonchev–Trinajstić information content (AvgIpc) is 2.90. The number of rotatable bonds is 8. The van der Waals surface area contributed by atoms with Gasteiger partial charge in [-0.1, -0.05) is 19.9 Å². The van der Waals surface area contributed by atoms with Crippen LogP contribution in [0, 0.1) is 12.8 Å². The Morgan fingerprint density at radius 1 is 0.949 bits per heavy atom. The van der Waals surface area contributed by atoms with E-state index in [1.807, 2.05) is 19.9 Å². The number of aliphatic hydroxyl groups excluding tert-OH is 6. The van der Waals surface area contributed by atoms with Crippen LogP contribution in [0.15, 0.2) is 6.07 Å². The number of fused-ring (bicyclic) bond motifs is 1. The minimum absolute atomic E-state index is 0.0448. The van der Waals surface area contributed by atoms with Gasteiger partial charge in [0.05, 0.1) is 26.9 Å². The van der Waals surface area contributed by atoms with E-state index in [4.69, 9.17) is 23.7 Å². The molecule has 39 heavy (non-hydrogen) atoms. The number of benzene rings is 1. The van der Waals surface area contributed by atoms with E-state index < -0.39 is 55.3 Å². The van der Waals surface area contributed by atoms with Crippen LogP contribution in [-0.2, 0) is 18.9 Å². The van der Waals surface area contributed by atoms with Gasteiger partial charge >= 0.3 is 0 Å². The first-order chi connectivity index (χ1) is 18.5. The minimum Gasteiger partial charge on any atom is -0.504 e. The van der Waals surface area contributed by atoms with Crippen LogP contribution in [0.5, 0.6) is 11.5 Å². The van der Waals surface area contributed by atoms with Crippen LogP contribution in [0.25, 0.3) is 0 Å². The Morgan fingerprint density at radius 2 is 1.64 bits per heavy atom. The molecule has 3 aliphatic rings. The molecule has 12 nitrogen and oxygen atoms in total. The topological polar surface area (TPSA) is 188 Å². The maximum Gasteiger partial charge on any atom is 0.186 e. The van der Waals surface area contributed by atoms with Crippen LogP contribution in [0.2, 0.25) is 0 Å². The third-order valence-corrected chi connectivity index (χ3v) is 8.28. The number of methoxy groups -OCH3 is 1. The zero-order valence-electron chi connectivity index (χ0n) is 22.7. The van der Waals surface area contributed by atoms with Gasteiger partial charge in [-0.25, -0.2) is 0 Å². The molecule has 0 bridgehead atoms. The lowest BCUT2D eigenvalue weighted by Crippen LogP contribution is -2.60. The lowest BCUT2D eigenvalue weighted by Gasteiger charge is -2.42. The summed E-state index contributed by atoms with van der Waals surface area (Å²) in [5.41, 5.74) is 2.74. The molecule has 4 rings (SSSR count). The quantitative estimate of drug-likeness (QED) is 0.219. The summed E-state index contributed by atoms with van der Waals surface area (Å²) >= 11 is 0. The molecular formula is C27H42O12. The third kappa shape index (κ3) is 6.05. The Hall–Kier alpha value is -1.58. The second kappa shape index (κ2) is 12.5. The van der Waals surface area contributed by atoms with Gasteiger partial charge in [0.1, 0.15) is 42.7 Å². The van der Waals surface area contributed by atoms with Gasteiger partial charge in [0.25, 0.3) is 0 Å². The Kier molecular flexibility index (Phi) is 9.75. The van der Waals surface area contributed by atoms with Crippen molar-refractivity contribution in [2.45, 2.75) is 101 Å². The molecule has 12 heteroatoms. The Labute approximate surface area is 227 Å². The molecule has 0 aromatic heterocycles. The highest BCUT2D eigenvalue weighted by Crippen LogP contribution is 2.50. The monoisotopic (exact) mass is 558 g/mol. The molecule has 222 valence electrons. The van der Waals surface area contributed by atoms with Crippen molar-refractivity contribution in [3.05, 3.63) is 22.8 Å². The summed E-state index contributed by atoms with van der Waals surface area (Å²) in [4.78, 5) is 0. The molecule has 0 amide bonds. The van der Waals surface area contributed by atoms with Gasteiger partial charge in [-0.15, -0.1) is 0 Å². The van der Waals surface area contributed by atoms with Crippen molar-refractivity contribution in [2.75, 3.05) is 26.9 Å². The van der Waals surface area contributed by atoms with Crippen molar-refractivity contribution in [3.8, 4) is 11.5 Å². The molecule has 2 saturated heterocycles. The summed E-state index contributed by atoms with van der Waals surface area (Å²) in [5, 5.41) is 71.8. The predicted molar refractivity (Wildman–Crippen MR) is 135 cm³/mol. The summed E-state index contributed by atoms with van der Waals surface area (Å²) in [7, 11) is 1.53. The zero-order chi connectivity index (χ0) is 28.6. The number of aromatic hydroxyl groups is 1. The van der Waals surface area contributed by atoms with Gasteiger partial charge in [-0.05, 0) is 48.6 Å². The molecule has 0 radical (unpaired) electrons. The van der Waals surface area contributed by atoms with Gasteiger partial charge in [-0.3, -0.25) is 0 Å². The van der Waals surface area contributed by atoms with E-state index in [9.17, 15) is 35.7 Å². The number of phenolic OH excluding ortho intramolecular Hbond substituents is 1. The highest BCUT2D eigenvalue weighted by Gasteiger charge is 2.46. The fourth-order valence-corrected chi connectivity index (χ4v) is 5.90. The third-order valence-electron chi connectivity index (χ3n) is 8.28.